The fraction of sp³-hybridized carbons (Fsp3) is 0.533. The average molecular weight is 261 g/mol. The Morgan fingerprint density at radius 3 is 2.95 bits per heavy atom. The highest BCUT2D eigenvalue weighted by atomic mass is 16.2. The van der Waals surface area contributed by atoms with Crippen molar-refractivity contribution < 1.29 is 4.79 Å². The van der Waals surface area contributed by atoms with Crippen molar-refractivity contribution in [3.05, 3.63) is 29.3 Å². The Balaban J connectivity index is 2.11. The minimum Gasteiger partial charge on any atom is -0.328 e. The molecule has 1 unspecified atom stereocenters. The summed E-state index contributed by atoms with van der Waals surface area (Å²) in [7, 11) is 1.95. The van der Waals surface area contributed by atoms with Crippen LogP contribution in [0.4, 0.5) is 5.69 Å². The minimum absolute atomic E-state index is 0.131. The van der Waals surface area contributed by atoms with Gasteiger partial charge in [0.15, 0.2) is 0 Å². The smallest absolute Gasteiger partial charge is 0.231 e. The molecule has 3 N–H and O–H groups in total. The van der Waals surface area contributed by atoms with Crippen LogP contribution in [0.3, 0.4) is 0 Å². The normalized spacial score (nSPS) is 15.7. The van der Waals surface area contributed by atoms with Gasteiger partial charge in [0.2, 0.25) is 5.91 Å². The second-order valence-corrected chi connectivity index (χ2v) is 5.30. The number of likely N-dealkylation sites (N-methyl/N-ethyl adjacent to an activating group) is 1. The summed E-state index contributed by atoms with van der Waals surface area (Å²) in [4.78, 5) is 13.9. The van der Waals surface area contributed by atoms with Crippen molar-refractivity contribution in [2.45, 2.75) is 32.2 Å². The summed E-state index contributed by atoms with van der Waals surface area (Å²) >= 11 is 0. The predicted molar refractivity (Wildman–Crippen MR) is 78.4 cm³/mol. The van der Waals surface area contributed by atoms with Gasteiger partial charge < -0.3 is 16.0 Å². The molecule has 0 spiro atoms. The van der Waals surface area contributed by atoms with Gasteiger partial charge in [0, 0.05) is 18.3 Å². The van der Waals surface area contributed by atoms with Crippen LogP contribution in [0.15, 0.2) is 18.2 Å². The standard InChI is InChI=1S/C15H23N3O/c1-11(16)6-8-18-14-4-3-12(5-7-17-2)9-13(14)10-15(18)19/h3-4,9,11,17H,5-8,10,16H2,1-2H3. The molecule has 0 saturated carbocycles. The molecule has 1 atom stereocenters. The molecular formula is C15H23N3O. The van der Waals surface area contributed by atoms with Crippen molar-refractivity contribution in [3.8, 4) is 0 Å². The molecule has 0 aliphatic carbocycles. The number of fused-ring (bicyclic) bond motifs is 1. The highest BCUT2D eigenvalue weighted by Crippen LogP contribution is 2.30. The first-order chi connectivity index (χ1) is 9.11. The van der Waals surface area contributed by atoms with Crippen LogP contribution < -0.4 is 16.0 Å². The van der Waals surface area contributed by atoms with Gasteiger partial charge in [-0.05, 0) is 50.6 Å². The first kappa shape index (κ1) is 14.0. The SMILES string of the molecule is CNCCc1ccc2c(c1)CC(=O)N2CCC(C)N. The third-order valence-corrected chi connectivity index (χ3v) is 3.55. The lowest BCUT2D eigenvalue weighted by Gasteiger charge is -2.18. The summed E-state index contributed by atoms with van der Waals surface area (Å²) in [5.41, 5.74) is 9.28. The summed E-state index contributed by atoms with van der Waals surface area (Å²) in [6.07, 6.45) is 2.37. The maximum atomic E-state index is 12.0. The van der Waals surface area contributed by atoms with E-state index in [1.807, 2.05) is 18.9 Å². The Labute approximate surface area is 115 Å². The highest BCUT2D eigenvalue weighted by Gasteiger charge is 2.26. The van der Waals surface area contributed by atoms with Gasteiger partial charge in [-0.15, -0.1) is 0 Å². The number of nitrogens with zero attached hydrogens (tertiary/aromatic N) is 1. The summed E-state index contributed by atoms with van der Waals surface area (Å²) in [6, 6.07) is 6.49. The number of carbonyl (C=O) groups is 1. The van der Waals surface area contributed by atoms with Gasteiger partial charge in [0.1, 0.15) is 0 Å². The molecule has 4 nitrogen and oxygen atoms in total. The maximum Gasteiger partial charge on any atom is 0.231 e. The zero-order valence-corrected chi connectivity index (χ0v) is 11.8. The number of nitrogens with one attached hydrogen (secondary N) is 1. The molecule has 1 aliphatic rings. The van der Waals surface area contributed by atoms with E-state index in [9.17, 15) is 4.79 Å². The largest absolute Gasteiger partial charge is 0.328 e. The second kappa shape index (κ2) is 6.17. The third-order valence-electron chi connectivity index (χ3n) is 3.55. The van der Waals surface area contributed by atoms with Gasteiger partial charge in [-0.2, -0.15) is 0 Å². The highest BCUT2D eigenvalue weighted by molar-refractivity contribution is 6.01. The molecule has 19 heavy (non-hydrogen) atoms. The monoisotopic (exact) mass is 261 g/mol. The number of hydrogen-bond donors (Lipinski definition) is 2. The Kier molecular flexibility index (Phi) is 4.56. The molecule has 1 amide bonds. The van der Waals surface area contributed by atoms with Gasteiger partial charge in [0.25, 0.3) is 0 Å². The van der Waals surface area contributed by atoms with Gasteiger partial charge in [0.05, 0.1) is 6.42 Å². The van der Waals surface area contributed by atoms with Crippen LogP contribution in [-0.2, 0) is 17.6 Å². The third kappa shape index (κ3) is 3.33. The van der Waals surface area contributed by atoms with E-state index in [0.717, 1.165) is 37.2 Å². The summed E-state index contributed by atoms with van der Waals surface area (Å²) < 4.78 is 0. The van der Waals surface area contributed by atoms with Crippen molar-refractivity contribution in [2.24, 2.45) is 5.73 Å². The lowest BCUT2D eigenvalue weighted by molar-refractivity contribution is -0.117. The summed E-state index contributed by atoms with van der Waals surface area (Å²) in [6.45, 7) is 3.66. The molecule has 4 heteroatoms. The Morgan fingerprint density at radius 1 is 1.47 bits per heavy atom. The Morgan fingerprint density at radius 2 is 2.26 bits per heavy atom. The first-order valence-electron chi connectivity index (χ1n) is 6.94. The lowest BCUT2D eigenvalue weighted by atomic mass is 10.1. The van der Waals surface area contributed by atoms with Crippen LogP contribution in [0.1, 0.15) is 24.5 Å². The fourth-order valence-corrected chi connectivity index (χ4v) is 2.44. The molecule has 0 radical (unpaired) electrons. The Bertz CT molecular complexity index is 457. The molecule has 1 aliphatic heterocycles. The van der Waals surface area contributed by atoms with Crippen LogP contribution in [-0.4, -0.2) is 32.1 Å². The van der Waals surface area contributed by atoms with Gasteiger partial charge in [-0.3, -0.25) is 4.79 Å². The number of nitrogens with two attached hydrogens (primary N) is 1. The van der Waals surface area contributed by atoms with Crippen molar-refractivity contribution in [1.82, 2.24) is 5.32 Å². The van der Waals surface area contributed by atoms with Crippen molar-refractivity contribution in [3.63, 3.8) is 0 Å². The number of benzene rings is 1. The average Bonchev–Trinajstić information content (AvgIpc) is 2.68. The van der Waals surface area contributed by atoms with Gasteiger partial charge >= 0.3 is 0 Å². The molecule has 0 bridgehead atoms. The minimum atomic E-state index is 0.131. The molecule has 0 fully saturated rings. The Hall–Kier alpha value is -1.39. The summed E-state index contributed by atoms with van der Waals surface area (Å²) in [5, 5.41) is 3.14. The van der Waals surface area contributed by atoms with E-state index in [2.05, 4.69) is 23.5 Å². The molecule has 104 valence electrons. The van der Waals surface area contributed by atoms with E-state index in [1.54, 1.807) is 0 Å². The van der Waals surface area contributed by atoms with E-state index >= 15 is 0 Å². The maximum absolute atomic E-state index is 12.0. The molecule has 2 rings (SSSR count). The van der Waals surface area contributed by atoms with Crippen LogP contribution >= 0.6 is 0 Å². The van der Waals surface area contributed by atoms with E-state index in [1.165, 1.54) is 5.56 Å². The van der Waals surface area contributed by atoms with Crippen LogP contribution in [0.25, 0.3) is 0 Å². The van der Waals surface area contributed by atoms with Crippen molar-refractivity contribution in [1.29, 1.82) is 0 Å². The van der Waals surface area contributed by atoms with Gasteiger partial charge in [-0.25, -0.2) is 0 Å². The summed E-state index contributed by atoms with van der Waals surface area (Å²) in [5.74, 6) is 0.196. The molecule has 0 saturated heterocycles. The zero-order chi connectivity index (χ0) is 13.8. The van der Waals surface area contributed by atoms with Crippen LogP contribution in [0, 0.1) is 0 Å². The second-order valence-electron chi connectivity index (χ2n) is 5.30. The number of carbonyl (C=O) groups excluding carboxylic acids is 1. The van der Waals surface area contributed by atoms with E-state index in [-0.39, 0.29) is 11.9 Å². The molecule has 0 aromatic heterocycles. The number of amides is 1. The van der Waals surface area contributed by atoms with Crippen molar-refractivity contribution in [2.75, 3.05) is 25.0 Å². The fourth-order valence-electron chi connectivity index (χ4n) is 2.44. The molecule has 1 aromatic carbocycles. The molecule has 1 aromatic rings. The van der Waals surface area contributed by atoms with E-state index in [4.69, 9.17) is 5.73 Å². The van der Waals surface area contributed by atoms with Crippen LogP contribution in [0.2, 0.25) is 0 Å². The quantitative estimate of drug-likeness (QED) is 0.805. The number of hydrogen-bond acceptors (Lipinski definition) is 3. The number of anilines is 1. The lowest BCUT2D eigenvalue weighted by Crippen LogP contribution is -2.31. The topological polar surface area (TPSA) is 58.4 Å². The first-order valence-corrected chi connectivity index (χ1v) is 6.94. The zero-order valence-electron chi connectivity index (χ0n) is 11.8. The molecule has 1 heterocycles. The van der Waals surface area contributed by atoms with Gasteiger partial charge in [-0.1, -0.05) is 12.1 Å². The van der Waals surface area contributed by atoms with E-state index < -0.39 is 0 Å². The van der Waals surface area contributed by atoms with E-state index in [0.29, 0.717) is 6.42 Å². The van der Waals surface area contributed by atoms with Crippen molar-refractivity contribution >= 4 is 11.6 Å². The van der Waals surface area contributed by atoms with Crippen LogP contribution in [0.5, 0.6) is 0 Å². The predicted octanol–water partition coefficient (Wildman–Crippen LogP) is 1.07. The molecular weight excluding hydrogens is 238 g/mol. The number of rotatable bonds is 6.